The molecular weight excluding hydrogens is 368 g/mol. The molecule has 0 radical (unpaired) electrons. The van der Waals surface area contributed by atoms with Gasteiger partial charge in [0.1, 0.15) is 10.7 Å². The van der Waals surface area contributed by atoms with Crippen LogP contribution >= 0.6 is 11.3 Å². The molecule has 28 heavy (non-hydrogen) atoms. The summed E-state index contributed by atoms with van der Waals surface area (Å²) in [5.41, 5.74) is 0.465. The SMILES string of the molecule is O=C(NC(c1nccs1)C1CCN(CC2CC=CCC2)CC1)c1ccccn1. The van der Waals surface area contributed by atoms with Crippen molar-refractivity contribution < 1.29 is 4.79 Å². The van der Waals surface area contributed by atoms with E-state index in [2.05, 4.69) is 32.3 Å². The molecule has 5 nitrogen and oxygen atoms in total. The van der Waals surface area contributed by atoms with E-state index in [4.69, 9.17) is 0 Å². The summed E-state index contributed by atoms with van der Waals surface area (Å²) in [6, 6.07) is 5.40. The average molecular weight is 397 g/mol. The van der Waals surface area contributed by atoms with Gasteiger partial charge in [0.05, 0.1) is 6.04 Å². The summed E-state index contributed by atoms with van der Waals surface area (Å²) < 4.78 is 0. The topological polar surface area (TPSA) is 58.1 Å². The van der Waals surface area contributed by atoms with Crippen molar-refractivity contribution in [2.45, 2.75) is 38.1 Å². The summed E-state index contributed by atoms with van der Waals surface area (Å²) >= 11 is 1.62. The zero-order valence-corrected chi connectivity index (χ0v) is 17.0. The second-order valence-electron chi connectivity index (χ2n) is 7.82. The number of amides is 1. The van der Waals surface area contributed by atoms with E-state index in [1.807, 2.05) is 23.7 Å². The Balaban J connectivity index is 1.38. The van der Waals surface area contributed by atoms with Crippen molar-refractivity contribution in [3.05, 3.63) is 58.8 Å². The first kappa shape index (κ1) is 19.3. The lowest BCUT2D eigenvalue weighted by Crippen LogP contribution is -2.42. The van der Waals surface area contributed by atoms with E-state index in [-0.39, 0.29) is 11.9 Å². The van der Waals surface area contributed by atoms with Gasteiger partial charge >= 0.3 is 0 Å². The van der Waals surface area contributed by atoms with E-state index in [1.54, 1.807) is 23.6 Å². The third kappa shape index (κ3) is 4.86. The van der Waals surface area contributed by atoms with Gasteiger partial charge in [-0.3, -0.25) is 9.78 Å². The third-order valence-corrected chi connectivity index (χ3v) is 6.76. The molecule has 4 rings (SSSR count). The highest BCUT2D eigenvalue weighted by molar-refractivity contribution is 7.09. The molecule has 1 N–H and O–H groups in total. The van der Waals surface area contributed by atoms with Crippen LogP contribution in [0.25, 0.3) is 0 Å². The standard InChI is InChI=1S/C22H28N4OS/c27-21(19-8-4-5-11-23-19)25-20(22-24-12-15-28-22)18-9-13-26(14-10-18)16-17-6-2-1-3-7-17/h1-2,4-5,8,11-12,15,17-18,20H,3,6-7,9-10,13-14,16H2,(H,25,27). The molecule has 2 aromatic heterocycles. The molecule has 0 aromatic carbocycles. The Morgan fingerprint density at radius 1 is 1.18 bits per heavy atom. The number of nitrogens with zero attached hydrogens (tertiary/aromatic N) is 3. The Morgan fingerprint density at radius 2 is 2.07 bits per heavy atom. The second kappa shape index (κ2) is 9.43. The fraction of sp³-hybridized carbons (Fsp3) is 0.500. The molecule has 1 saturated heterocycles. The van der Waals surface area contributed by atoms with Gasteiger partial charge in [0.15, 0.2) is 0 Å². The lowest BCUT2D eigenvalue weighted by atomic mass is 9.88. The van der Waals surface area contributed by atoms with Crippen LogP contribution in [0.15, 0.2) is 48.1 Å². The number of nitrogens with one attached hydrogen (secondary N) is 1. The Morgan fingerprint density at radius 3 is 2.75 bits per heavy atom. The first-order valence-corrected chi connectivity index (χ1v) is 11.2. The molecule has 2 aliphatic rings. The normalized spacial score (nSPS) is 22.1. The Labute approximate surface area is 170 Å². The fourth-order valence-electron chi connectivity index (χ4n) is 4.34. The van der Waals surface area contributed by atoms with Gasteiger partial charge in [-0.1, -0.05) is 18.2 Å². The molecule has 1 amide bonds. The molecule has 0 bridgehead atoms. The maximum atomic E-state index is 12.7. The smallest absolute Gasteiger partial charge is 0.270 e. The highest BCUT2D eigenvalue weighted by Crippen LogP contribution is 2.33. The zero-order chi connectivity index (χ0) is 19.2. The summed E-state index contributed by atoms with van der Waals surface area (Å²) in [7, 11) is 0. The summed E-state index contributed by atoms with van der Waals surface area (Å²) in [5, 5.41) is 6.21. The van der Waals surface area contributed by atoms with Crippen molar-refractivity contribution in [1.82, 2.24) is 20.2 Å². The maximum absolute atomic E-state index is 12.7. The molecule has 1 fully saturated rings. The van der Waals surface area contributed by atoms with Gasteiger partial charge in [-0.25, -0.2) is 4.98 Å². The van der Waals surface area contributed by atoms with Crippen molar-refractivity contribution in [2.24, 2.45) is 11.8 Å². The molecule has 2 aromatic rings. The number of allylic oxidation sites excluding steroid dienone is 2. The quantitative estimate of drug-likeness (QED) is 0.748. The van der Waals surface area contributed by atoms with Crippen molar-refractivity contribution in [3.63, 3.8) is 0 Å². The molecule has 1 aliphatic heterocycles. The molecule has 2 unspecified atom stereocenters. The molecule has 1 aliphatic carbocycles. The first-order valence-electron chi connectivity index (χ1n) is 10.3. The highest BCUT2D eigenvalue weighted by atomic mass is 32.1. The number of carbonyl (C=O) groups excluding carboxylic acids is 1. The van der Waals surface area contributed by atoms with Crippen molar-refractivity contribution >= 4 is 17.2 Å². The Bertz CT molecular complexity index is 769. The minimum Gasteiger partial charge on any atom is -0.341 e. The predicted molar refractivity (Wildman–Crippen MR) is 112 cm³/mol. The predicted octanol–water partition coefficient (Wildman–Crippen LogP) is 4.08. The summed E-state index contributed by atoms with van der Waals surface area (Å²) in [5.74, 6) is 1.11. The van der Waals surface area contributed by atoms with Crippen LogP contribution in [0.3, 0.4) is 0 Å². The number of thiazole rings is 1. The van der Waals surface area contributed by atoms with E-state index in [9.17, 15) is 4.79 Å². The van der Waals surface area contributed by atoms with Gasteiger partial charge in [0.25, 0.3) is 5.91 Å². The van der Waals surface area contributed by atoms with Crippen LogP contribution in [0.5, 0.6) is 0 Å². The van der Waals surface area contributed by atoms with E-state index in [0.717, 1.165) is 36.9 Å². The minimum atomic E-state index is -0.114. The molecular formula is C22H28N4OS. The molecule has 0 spiro atoms. The van der Waals surface area contributed by atoms with Gasteiger partial charge in [0, 0.05) is 24.3 Å². The Kier molecular flexibility index (Phi) is 6.49. The number of rotatable bonds is 6. The minimum absolute atomic E-state index is 0.0331. The lowest BCUT2D eigenvalue weighted by Gasteiger charge is -2.37. The van der Waals surface area contributed by atoms with Crippen molar-refractivity contribution in [1.29, 1.82) is 0 Å². The number of piperidine rings is 1. The number of likely N-dealkylation sites (tertiary alicyclic amines) is 1. The van der Waals surface area contributed by atoms with Crippen molar-refractivity contribution in [2.75, 3.05) is 19.6 Å². The van der Waals surface area contributed by atoms with Crippen LogP contribution in [0.2, 0.25) is 0 Å². The maximum Gasteiger partial charge on any atom is 0.270 e. The van der Waals surface area contributed by atoms with Crippen LogP contribution in [0.1, 0.15) is 53.6 Å². The first-order chi connectivity index (χ1) is 13.8. The van der Waals surface area contributed by atoms with E-state index in [1.165, 1.54) is 25.8 Å². The lowest BCUT2D eigenvalue weighted by molar-refractivity contribution is 0.0879. The van der Waals surface area contributed by atoms with Crippen LogP contribution in [0.4, 0.5) is 0 Å². The van der Waals surface area contributed by atoms with Gasteiger partial charge < -0.3 is 10.2 Å². The number of hydrogen-bond acceptors (Lipinski definition) is 5. The third-order valence-electron chi connectivity index (χ3n) is 5.90. The van der Waals surface area contributed by atoms with E-state index >= 15 is 0 Å². The number of aromatic nitrogens is 2. The van der Waals surface area contributed by atoms with Crippen LogP contribution < -0.4 is 5.32 Å². The monoisotopic (exact) mass is 396 g/mol. The summed E-state index contributed by atoms with van der Waals surface area (Å²) in [6.45, 7) is 3.41. The molecule has 6 heteroatoms. The molecule has 3 heterocycles. The average Bonchev–Trinajstić information content (AvgIpc) is 3.28. The molecule has 0 saturated carbocycles. The van der Waals surface area contributed by atoms with Gasteiger partial charge in [-0.05, 0) is 69.2 Å². The highest BCUT2D eigenvalue weighted by Gasteiger charge is 2.31. The molecule has 148 valence electrons. The summed E-state index contributed by atoms with van der Waals surface area (Å²) in [4.78, 5) is 24.0. The number of carbonyl (C=O) groups is 1. The Hall–Kier alpha value is -2.05. The second-order valence-corrected chi connectivity index (χ2v) is 8.75. The zero-order valence-electron chi connectivity index (χ0n) is 16.2. The molecule has 2 atom stereocenters. The van der Waals surface area contributed by atoms with Crippen LogP contribution in [-0.2, 0) is 0 Å². The van der Waals surface area contributed by atoms with Crippen LogP contribution in [-0.4, -0.2) is 40.4 Å². The van der Waals surface area contributed by atoms with E-state index in [0.29, 0.717) is 11.6 Å². The largest absolute Gasteiger partial charge is 0.341 e. The summed E-state index contributed by atoms with van der Waals surface area (Å²) in [6.07, 6.45) is 14.1. The van der Waals surface area contributed by atoms with Crippen LogP contribution in [0, 0.1) is 11.8 Å². The van der Waals surface area contributed by atoms with E-state index < -0.39 is 0 Å². The van der Waals surface area contributed by atoms with Gasteiger partial charge in [-0.2, -0.15) is 0 Å². The van der Waals surface area contributed by atoms with Gasteiger partial charge in [0.2, 0.25) is 0 Å². The number of pyridine rings is 1. The van der Waals surface area contributed by atoms with Gasteiger partial charge in [-0.15, -0.1) is 11.3 Å². The number of hydrogen-bond donors (Lipinski definition) is 1. The van der Waals surface area contributed by atoms with Crippen molar-refractivity contribution in [3.8, 4) is 0 Å². The fourth-order valence-corrected chi connectivity index (χ4v) is 5.12.